The van der Waals surface area contributed by atoms with Gasteiger partial charge in [-0.2, -0.15) is 0 Å². The van der Waals surface area contributed by atoms with Crippen molar-refractivity contribution in [3.05, 3.63) is 40.7 Å². The number of nitrogens with zero attached hydrogens (tertiary/aromatic N) is 1. The van der Waals surface area contributed by atoms with Gasteiger partial charge in [0.1, 0.15) is 17.3 Å². The second-order valence-electron chi connectivity index (χ2n) is 10.7. The molecule has 9 heteroatoms. The molecule has 1 saturated carbocycles. The molecule has 222 valence electrons. The van der Waals surface area contributed by atoms with E-state index in [-0.39, 0.29) is 107 Å². The van der Waals surface area contributed by atoms with E-state index in [0.717, 1.165) is 56.1 Å². The van der Waals surface area contributed by atoms with E-state index in [4.69, 9.17) is 4.74 Å². The van der Waals surface area contributed by atoms with E-state index in [1.165, 1.54) is 0 Å². The molecule has 2 amide bonds. The molecule has 1 aromatic carbocycles. The largest absolute Gasteiger partial charge is 1.00 e. The van der Waals surface area contributed by atoms with Gasteiger partial charge in [0, 0.05) is 44.8 Å². The zero-order valence-corrected chi connectivity index (χ0v) is 30.3. The van der Waals surface area contributed by atoms with Gasteiger partial charge in [0.2, 0.25) is 5.91 Å². The van der Waals surface area contributed by atoms with Gasteiger partial charge in [0.15, 0.2) is 0 Å². The Hall–Kier alpha value is -1.06. The average molecular weight is 641 g/mol. The molecule has 0 bridgehead atoms. The van der Waals surface area contributed by atoms with Crippen molar-refractivity contribution in [1.82, 2.24) is 5.32 Å². The molecular formula is C32H47N2O6Rb. The fourth-order valence-electron chi connectivity index (χ4n) is 5.07. The van der Waals surface area contributed by atoms with Crippen molar-refractivity contribution in [1.29, 1.82) is 0 Å². The van der Waals surface area contributed by atoms with Crippen LogP contribution in [-0.4, -0.2) is 48.9 Å². The quantitative estimate of drug-likeness (QED) is 0.173. The van der Waals surface area contributed by atoms with Crippen molar-refractivity contribution in [3.8, 4) is 0 Å². The summed E-state index contributed by atoms with van der Waals surface area (Å²) in [5.41, 5.74) is 1.71. The van der Waals surface area contributed by atoms with Gasteiger partial charge in [-0.15, -0.1) is 6.54 Å². The number of amides is 2. The van der Waals surface area contributed by atoms with Crippen LogP contribution in [0.15, 0.2) is 24.3 Å². The van der Waals surface area contributed by atoms with Gasteiger partial charge in [-0.05, 0) is 44.1 Å². The van der Waals surface area contributed by atoms with E-state index in [2.05, 4.69) is 17.6 Å². The van der Waals surface area contributed by atoms with Gasteiger partial charge < -0.3 is 20.2 Å². The van der Waals surface area contributed by atoms with Crippen molar-refractivity contribution >= 4 is 29.2 Å². The number of benzene rings is 1. The van der Waals surface area contributed by atoms with Crippen LogP contribution in [0.25, 0.3) is 5.32 Å². The molecule has 2 unspecified atom stereocenters. The smallest absolute Gasteiger partial charge is 0.648 e. The fourth-order valence-corrected chi connectivity index (χ4v) is 5.07. The van der Waals surface area contributed by atoms with Crippen LogP contribution in [0.5, 0.6) is 0 Å². The van der Waals surface area contributed by atoms with Crippen molar-refractivity contribution in [2.45, 2.75) is 104 Å². The first-order valence-corrected chi connectivity index (χ1v) is 15.0. The third-order valence-corrected chi connectivity index (χ3v) is 7.44. The van der Waals surface area contributed by atoms with Gasteiger partial charge in [-0.1, -0.05) is 62.9 Å². The number of carbonyl (C=O) groups is 5. The Bertz CT molecular complexity index is 965. The zero-order valence-electron chi connectivity index (χ0n) is 25.4. The SMILES string of the molecule is CCCC(CCCCNC(=O)CCCOCC(=O)[N-]Cc1ccc(CC(=O)C2CCCCC2=O)cc1)C(=O)CC.[Rb+]. The number of rotatable bonds is 20. The Morgan fingerprint density at radius 1 is 1.00 bits per heavy atom. The second kappa shape index (κ2) is 22.5. The predicted molar refractivity (Wildman–Crippen MR) is 155 cm³/mol. The number of Topliss-reactive ketones (excluding diaryl/α,β-unsaturated/α-hetero) is 3. The third kappa shape index (κ3) is 15.8. The van der Waals surface area contributed by atoms with Crippen LogP contribution in [0, 0.1) is 11.8 Å². The molecule has 8 nitrogen and oxygen atoms in total. The summed E-state index contributed by atoms with van der Waals surface area (Å²) in [6.45, 7) is 5.02. The van der Waals surface area contributed by atoms with Crippen molar-refractivity contribution < 1.29 is 86.9 Å². The van der Waals surface area contributed by atoms with E-state index >= 15 is 0 Å². The van der Waals surface area contributed by atoms with Gasteiger partial charge in [0.25, 0.3) is 0 Å². The maximum absolute atomic E-state index is 12.5. The van der Waals surface area contributed by atoms with Crippen molar-refractivity contribution in [3.63, 3.8) is 0 Å². The standard InChI is InChI=1S/C32H48N2O6.Rb/c1-3-10-26(28(35)4-2)11-7-8-19-33-31(38)14-9-20-40-23-32(39)34-22-25-17-15-24(16-18-25)21-30(37)27-12-5-6-13-29(27)36;/h15-18,26-27H,3-14,19-23H2,1-2H3,(H2,33,34,38,39);/q;+1/p-1. The number of hydrogen-bond acceptors (Lipinski definition) is 6. The number of nitrogens with one attached hydrogen (secondary N) is 1. The Kier molecular flexibility index (Phi) is 20.8. The first kappa shape index (κ1) is 38.0. The molecule has 41 heavy (non-hydrogen) atoms. The van der Waals surface area contributed by atoms with Crippen LogP contribution in [0.1, 0.15) is 102 Å². The molecule has 0 aliphatic heterocycles. The normalized spacial score (nSPS) is 15.5. The molecule has 0 radical (unpaired) electrons. The summed E-state index contributed by atoms with van der Waals surface area (Å²) in [6.07, 6.45) is 9.31. The Morgan fingerprint density at radius 3 is 2.41 bits per heavy atom. The molecule has 0 aromatic heterocycles. The van der Waals surface area contributed by atoms with Crippen LogP contribution in [0.2, 0.25) is 0 Å². The molecule has 2 rings (SSSR count). The fraction of sp³-hybridized carbons (Fsp3) is 0.656. The molecule has 0 heterocycles. The van der Waals surface area contributed by atoms with Crippen LogP contribution in [0.4, 0.5) is 0 Å². The minimum Gasteiger partial charge on any atom is -0.648 e. The Morgan fingerprint density at radius 2 is 1.73 bits per heavy atom. The van der Waals surface area contributed by atoms with Gasteiger partial charge in [-0.25, -0.2) is 0 Å². The number of carbonyl (C=O) groups excluding carboxylic acids is 5. The first-order chi connectivity index (χ1) is 19.3. The predicted octanol–water partition coefficient (Wildman–Crippen LogP) is 2.44. The molecular weight excluding hydrogens is 594 g/mol. The minimum absolute atomic E-state index is 0. The molecule has 0 saturated heterocycles. The van der Waals surface area contributed by atoms with Gasteiger partial charge in [-0.3, -0.25) is 19.2 Å². The van der Waals surface area contributed by atoms with E-state index in [9.17, 15) is 24.0 Å². The van der Waals surface area contributed by atoms with E-state index in [1.807, 2.05) is 31.2 Å². The van der Waals surface area contributed by atoms with Crippen LogP contribution in [0.3, 0.4) is 0 Å². The topological polar surface area (TPSA) is 121 Å². The van der Waals surface area contributed by atoms with E-state index < -0.39 is 5.92 Å². The average Bonchev–Trinajstić information content (AvgIpc) is 2.95. The summed E-state index contributed by atoms with van der Waals surface area (Å²) in [4.78, 5) is 60.4. The van der Waals surface area contributed by atoms with Crippen molar-refractivity contribution in [2.75, 3.05) is 19.8 Å². The third-order valence-electron chi connectivity index (χ3n) is 7.44. The van der Waals surface area contributed by atoms with Crippen LogP contribution in [-0.2, 0) is 41.7 Å². The van der Waals surface area contributed by atoms with E-state index in [1.54, 1.807) is 0 Å². The van der Waals surface area contributed by atoms with Gasteiger partial charge in [0.05, 0.1) is 18.4 Å². The summed E-state index contributed by atoms with van der Waals surface area (Å²) in [5, 5.41) is 6.93. The van der Waals surface area contributed by atoms with Crippen LogP contribution >= 0.6 is 0 Å². The zero-order chi connectivity index (χ0) is 29.2. The molecule has 2 atom stereocenters. The van der Waals surface area contributed by atoms with Crippen LogP contribution < -0.4 is 63.5 Å². The second-order valence-corrected chi connectivity index (χ2v) is 10.7. The maximum Gasteiger partial charge on any atom is 1.00 e. The minimum atomic E-state index is -0.451. The summed E-state index contributed by atoms with van der Waals surface area (Å²) in [7, 11) is 0. The Balaban J connectivity index is 0.00000840. The molecule has 1 N–H and O–H groups in total. The van der Waals surface area contributed by atoms with Gasteiger partial charge >= 0.3 is 58.2 Å². The molecule has 1 aliphatic carbocycles. The summed E-state index contributed by atoms with van der Waals surface area (Å²) in [5.74, 6) is -0.297. The molecule has 1 fully saturated rings. The number of unbranched alkanes of at least 4 members (excludes halogenated alkanes) is 1. The first-order valence-electron chi connectivity index (χ1n) is 15.0. The maximum atomic E-state index is 12.5. The summed E-state index contributed by atoms with van der Waals surface area (Å²) < 4.78 is 5.37. The monoisotopic (exact) mass is 640 g/mol. The van der Waals surface area contributed by atoms with E-state index in [0.29, 0.717) is 51.0 Å². The molecule has 1 aromatic rings. The Labute approximate surface area is 294 Å². The molecule has 1 aliphatic rings. The number of hydrogen-bond donors (Lipinski definition) is 1. The van der Waals surface area contributed by atoms with Crippen molar-refractivity contribution in [2.24, 2.45) is 11.8 Å². The summed E-state index contributed by atoms with van der Waals surface area (Å²) in [6, 6.07) is 7.38. The summed E-state index contributed by atoms with van der Waals surface area (Å²) >= 11 is 0. The molecule has 0 spiro atoms. The number of ketones is 3. The number of ether oxygens (including phenoxy) is 1.